The predicted molar refractivity (Wildman–Crippen MR) is 91.4 cm³/mol. The van der Waals surface area contributed by atoms with Crippen LogP contribution in [0.4, 0.5) is 5.69 Å². The fourth-order valence-electron chi connectivity index (χ4n) is 2.26. The maximum absolute atomic E-state index is 12.3. The Hall–Kier alpha value is -2.15. The van der Waals surface area contributed by atoms with Gasteiger partial charge in [-0.15, -0.1) is 0 Å². The minimum atomic E-state index is -0.619. The molecule has 2 heterocycles. The van der Waals surface area contributed by atoms with Crippen LogP contribution in [0.1, 0.15) is 31.9 Å². The van der Waals surface area contributed by atoms with Crippen LogP contribution in [0.2, 0.25) is 0 Å². The van der Waals surface area contributed by atoms with E-state index in [2.05, 4.69) is 31.5 Å². The Morgan fingerprint density at radius 3 is 3.00 bits per heavy atom. The molecule has 7 heteroatoms. The van der Waals surface area contributed by atoms with Crippen molar-refractivity contribution < 1.29 is 9.63 Å². The van der Waals surface area contributed by atoms with Gasteiger partial charge >= 0.3 is 0 Å². The summed E-state index contributed by atoms with van der Waals surface area (Å²) in [4.78, 5) is 17.6. The smallest absolute Gasteiger partial charge is 0.268 e. The van der Waals surface area contributed by atoms with Crippen molar-refractivity contribution in [3.8, 4) is 0 Å². The molecule has 1 amide bonds. The topological polar surface area (TPSA) is 68.5 Å². The summed E-state index contributed by atoms with van der Waals surface area (Å²) in [6.45, 7) is 4.05. The summed E-state index contributed by atoms with van der Waals surface area (Å²) in [7, 11) is 0. The molecular weight excluding hydrogens is 360 g/mol. The van der Waals surface area contributed by atoms with E-state index in [0.29, 0.717) is 12.1 Å². The normalized spacial score (nSPS) is 17.0. The van der Waals surface area contributed by atoms with Crippen molar-refractivity contribution in [3.05, 3.63) is 46.7 Å². The first-order chi connectivity index (χ1) is 11.0. The molecule has 0 fully saturated rings. The van der Waals surface area contributed by atoms with E-state index in [4.69, 9.17) is 4.84 Å². The van der Waals surface area contributed by atoms with Crippen molar-refractivity contribution in [3.63, 3.8) is 0 Å². The van der Waals surface area contributed by atoms with Gasteiger partial charge in [0.05, 0.1) is 17.6 Å². The molecule has 0 saturated carbocycles. The number of nitrogens with one attached hydrogen (secondary N) is 1. The van der Waals surface area contributed by atoms with E-state index >= 15 is 0 Å². The third-order valence-electron chi connectivity index (χ3n) is 3.52. The third-order valence-corrected chi connectivity index (χ3v) is 4.01. The molecule has 0 saturated heterocycles. The Kier molecular flexibility index (Phi) is 4.47. The second-order valence-electron chi connectivity index (χ2n) is 5.64. The summed E-state index contributed by atoms with van der Waals surface area (Å²) >= 11 is 3.43. The molecular formula is C16H17BrN4O2. The van der Waals surface area contributed by atoms with Crippen molar-refractivity contribution in [1.82, 2.24) is 9.78 Å². The molecule has 23 heavy (non-hydrogen) atoms. The van der Waals surface area contributed by atoms with Gasteiger partial charge in [0.2, 0.25) is 6.10 Å². The van der Waals surface area contributed by atoms with Gasteiger partial charge in [-0.05, 0) is 26.0 Å². The zero-order chi connectivity index (χ0) is 16.4. The van der Waals surface area contributed by atoms with Gasteiger partial charge in [-0.3, -0.25) is 9.48 Å². The van der Waals surface area contributed by atoms with Gasteiger partial charge in [0, 0.05) is 28.7 Å². The van der Waals surface area contributed by atoms with E-state index in [0.717, 1.165) is 15.7 Å². The van der Waals surface area contributed by atoms with Crippen LogP contribution in [-0.2, 0) is 9.63 Å². The minimum absolute atomic E-state index is 0.220. The van der Waals surface area contributed by atoms with E-state index < -0.39 is 6.10 Å². The molecule has 0 bridgehead atoms. The molecule has 120 valence electrons. The van der Waals surface area contributed by atoms with Gasteiger partial charge in [-0.25, -0.2) is 0 Å². The van der Waals surface area contributed by atoms with Crippen LogP contribution in [0.15, 0.2) is 46.3 Å². The number of nitrogens with zero attached hydrogens (tertiary/aromatic N) is 3. The van der Waals surface area contributed by atoms with Crippen LogP contribution >= 0.6 is 15.9 Å². The second-order valence-corrected chi connectivity index (χ2v) is 6.55. The monoisotopic (exact) mass is 376 g/mol. The van der Waals surface area contributed by atoms with Crippen molar-refractivity contribution >= 4 is 33.2 Å². The Labute approximate surface area is 142 Å². The van der Waals surface area contributed by atoms with E-state index in [1.807, 2.05) is 38.1 Å². The van der Waals surface area contributed by atoms with Crippen molar-refractivity contribution in [2.75, 3.05) is 5.32 Å². The van der Waals surface area contributed by atoms with Crippen LogP contribution in [0, 0.1) is 0 Å². The molecule has 3 rings (SSSR count). The van der Waals surface area contributed by atoms with Crippen molar-refractivity contribution in [2.24, 2.45) is 5.16 Å². The first-order valence-corrected chi connectivity index (χ1v) is 8.16. The Balaban J connectivity index is 1.62. The lowest BCUT2D eigenvalue weighted by atomic mass is 10.0. The van der Waals surface area contributed by atoms with Gasteiger partial charge in [0.1, 0.15) is 0 Å². The summed E-state index contributed by atoms with van der Waals surface area (Å²) in [6, 6.07) is 8.01. The highest BCUT2D eigenvalue weighted by Crippen LogP contribution is 2.21. The molecule has 0 unspecified atom stereocenters. The lowest BCUT2D eigenvalue weighted by molar-refractivity contribution is -0.125. The molecule has 1 atom stereocenters. The van der Waals surface area contributed by atoms with Gasteiger partial charge in [0.25, 0.3) is 5.91 Å². The zero-order valence-corrected chi connectivity index (χ0v) is 14.4. The van der Waals surface area contributed by atoms with Crippen LogP contribution in [0.25, 0.3) is 0 Å². The van der Waals surface area contributed by atoms with Gasteiger partial charge in [-0.1, -0.05) is 33.2 Å². The number of hydrogen-bond donors (Lipinski definition) is 1. The number of anilines is 1. The molecule has 2 aromatic rings. The Morgan fingerprint density at radius 2 is 2.30 bits per heavy atom. The molecule has 0 aliphatic carbocycles. The van der Waals surface area contributed by atoms with E-state index in [9.17, 15) is 4.79 Å². The van der Waals surface area contributed by atoms with Gasteiger partial charge in [0.15, 0.2) is 0 Å². The van der Waals surface area contributed by atoms with Gasteiger partial charge < -0.3 is 10.2 Å². The number of aromatic nitrogens is 2. The standard InChI is InChI=1S/C16H17BrN4O2/c1-10(2)21-9-13(8-18-21)19-16(22)15-7-14(20-23-15)11-4-3-5-12(17)6-11/h3-6,8-10,15H,7H2,1-2H3,(H,19,22)/t15-/m0/s1. The molecule has 1 aliphatic rings. The second kappa shape index (κ2) is 6.54. The number of oxime groups is 1. The molecule has 1 N–H and O–H groups in total. The number of carbonyl (C=O) groups is 1. The first-order valence-electron chi connectivity index (χ1n) is 7.36. The molecule has 1 aromatic carbocycles. The Morgan fingerprint density at radius 1 is 1.48 bits per heavy atom. The number of halogens is 1. The van der Waals surface area contributed by atoms with Crippen molar-refractivity contribution in [1.29, 1.82) is 0 Å². The highest BCUT2D eigenvalue weighted by atomic mass is 79.9. The summed E-state index contributed by atoms with van der Waals surface area (Å²) in [5.41, 5.74) is 2.37. The quantitative estimate of drug-likeness (QED) is 0.889. The summed E-state index contributed by atoms with van der Waals surface area (Å²) in [5, 5.41) is 11.0. The van der Waals surface area contributed by atoms with E-state index in [1.165, 1.54) is 0 Å². The maximum Gasteiger partial charge on any atom is 0.268 e. The molecule has 1 aliphatic heterocycles. The Bertz CT molecular complexity index is 754. The largest absolute Gasteiger partial charge is 0.382 e. The highest BCUT2D eigenvalue weighted by molar-refractivity contribution is 9.10. The third kappa shape index (κ3) is 3.61. The predicted octanol–water partition coefficient (Wildman–Crippen LogP) is 3.36. The zero-order valence-electron chi connectivity index (χ0n) is 12.9. The fraction of sp³-hybridized carbons (Fsp3) is 0.312. The molecule has 0 spiro atoms. The van der Waals surface area contributed by atoms with Crippen molar-refractivity contribution in [2.45, 2.75) is 32.4 Å². The van der Waals surface area contributed by atoms with Gasteiger partial charge in [-0.2, -0.15) is 5.10 Å². The first kappa shape index (κ1) is 15.7. The summed E-state index contributed by atoms with van der Waals surface area (Å²) < 4.78 is 2.75. The molecule has 6 nitrogen and oxygen atoms in total. The minimum Gasteiger partial charge on any atom is -0.382 e. The number of rotatable bonds is 4. The number of carbonyl (C=O) groups excluding carboxylic acids is 1. The number of amides is 1. The average molecular weight is 377 g/mol. The average Bonchev–Trinajstić information content (AvgIpc) is 3.16. The van der Waals surface area contributed by atoms with Crippen LogP contribution < -0.4 is 5.32 Å². The van der Waals surface area contributed by atoms with Crippen LogP contribution in [-0.4, -0.2) is 27.5 Å². The van der Waals surface area contributed by atoms with Crippen LogP contribution in [0.3, 0.4) is 0 Å². The number of hydrogen-bond acceptors (Lipinski definition) is 4. The van der Waals surface area contributed by atoms with Crippen LogP contribution in [0.5, 0.6) is 0 Å². The van der Waals surface area contributed by atoms with E-state index in [1.54, 1.807) is 17.1 Å². The molecule has 0 radical (unpaired) electrons. The van der Waals surface area contributed by atoms with E-state index in [-0.39, 0.29) is 11.9 Å². The maximum atomic E-state index is 12.3. The molecule has 1 aromatic heterocycles. The lowest BCUT2D eigenvalue weighted by Gasteiger charge is -2.08. The summed E-state index contributed by atoms with van der Waals surface area (Å²) in [6.07, 6.45) is 3.25. The highest BCUT2D eigenvalue weighted by Gasteiger charge is 2.29. The fourth-order valence-corrected chi connectivity index (χ4v) is 2.66. The summed E-state index contributed by atoms with van der Waals surface area (Å²) in [5.74, 6) is -0.220. The SMILES string of the molecule is CC(C)n1cc(NC(=O)[C@@H]2CC(c3cccc(Br)c3)=NO2)cn1. The number of benzene rings is 1. The lowest BCUT2D eigenvalue weighted by Crippen LogP contribution is -2.27.